The number of phenols is 1. The normalized spacial score (nSPS) is 18.3. The van der Waals surface area contributed by atoms with Crippen molar-refractivity contribution < 1.29 is 9.90 Å². The second-order valence-electron chi connectivity index (χ2n) is 4.59. The second-order valence-corrected chi connectivity index (χ2v) is 7.73. The summed E-state index contributed by atoms with van der Waals surface area (Å²) in [5, 5.41) is 10.2. The summed E-state index contributed by atoms with van der Waals surface area (Å²) in [6.07, 6.45) is 0. The third-order valence-electron chi connectivity index (χ3n) is 3.23. The Bertz CT molecular complexity index is 696. The molecule has 1 atom stereocenters. The molecule has 0 aliphatic carbocycles. The monoisotopic (exact) mass is 475 g/mol. The molecular formula is C15H11BrINO2S. The number of halogens is 2. The molecule has 0 saturated carbocycles. The van der Waals surface area contributed by atoms with Gasteiger partial charge in [-0.2, -0.15) is 0 Å². The van der Waals surface area contributed by atoms with E-state index in [-0.39, 0.29) is 17.0 Å². The first-order valence-corrected chi connectivity index (χ1v) is 9.16. The molecule has 0 radical (unpaired) electrons. The van der Waals surface area contributed by atoms with Crippen LogP contribution in [-0.4, -0.2) is 16.8 Å². The van der Waals surface area contributed by atoms with Crippen molar-refractivity contribution in [1.82, 2.24) is 0 Å². The zero-order chi connectivity index (χ0) is 15.0. The lowest BCUT2D eigenvalue weighted by molar-refractivity contribution is -0.115. The molecule has 1 saturated heterocycles. The van der Waals surface area contributed by atoms with E-state index in [4.69, 9.17) is 0 Å². The molecule has 1 N–H and O–H groups in total. The fourth-order valence-electron chi connectivity index (χ4n) is 2.30. The number of benzene rings is 2. The van der Waals surface area contributed by atoms with Crippen LogP contribution >= 0.6 is 50.3 Å². The molecule has 1 amide bonds. The van der Waals surface area contributed by atoms with E-state index in [1.54, 1.807) is 4.90 Å². The molecule has 1 heterocycles. The summed E-state index contributed by atoms with van der Waals surface area (Å²) >= 11 is 7.08. The predicted octanol–water partition coefficient (Wildman–Crippen LogP) is 4.54. The third kappa shape index (κ3) is 2.93. The van der Waals surface area contributed by atoms with Crippen LogP contribution in [0.2, 0.25) is 0 Å². The van der Waals surface area contributed by atoms with Gasteiger partial charge in [-0.3, -0.25) is 9.69 Å². The quantitative estimate of drug-likeness (QED) is 0.648. The predicted molar refractivity (Wildman–Crippen MR) is 97.7 cm³/mol. The highest BCUT2D eigenvalue weighted by molar-refractivity contribution is 14.1. The maximum atomic E-state index is 12.2. The van der Waals surface area contributed by atoms with E-state index in [1.807, 2.05) is 42.5 Å². The van der Waals surface area contributed by atoms with Gasteiger partial charge in [0, 0.05) is 15.7 Å². The minimum atomic E-state index is -0.203. The first-order chi connectivity index (χ1) is 10.1. The number of phenolic OH excluding ortho intramolecular Hbond substituents is 1. The van der Waals surface area contributed by atoms with Crippen LogP contribution in [-0.2, 0) is 4.79 Å². The summed E-state index contributed by atoms with van der Waals surface area (Å²) in [6, 6.07) is 13.3. The molecule has 2 aromatic carbocycles. The molecule has 1 unspecified atom stereocenters. The number of anilines is 1. The zero-order valence-electron chi connectivity index (χ0n) is 10.8. The van der Waals surface area contributed by atoms with E-state index in [0.717, 1.165) is 19.3 Å². The van der Waals surface area contributed by atoms with Crippen molar-refractivity contribution in [3.63, 3.8) is 0 Å². The summed E-state index contributed by atoms with van der Waals surface area (Å²) in [5.41, 5.74) is 1.61. The molecule has 21 heavy (non-hydrogen) atoms. The van der Waals surface area contributed by atoms with Gasteiger partial charge in [0.05, 0.1) is 9.32 Å². The molecule has 3 rings (SSSR count). The Morgan fingerprint density at radius 1 is 1.29 bits per heavy atom. The van der Waals surface area contributed by atoms with Crippen LogP contribution in [0.4, 0.5) is 5.69 Å². The Morgan fingerprint density at radius 3 is 2.71 bits per heavy atom. The standard InChI is InChI=1S/C15H11BrINO2S/c16-9-6-11(14(20)12(17)7-9)15-18(13(19)8-21-15)10-4-2-1-3-5-10/h1-7,15,20H,8H2. The van der Waals surface area contributed by atoms with Gasteiger partial charge in [0.25, 0.3) is 0 Å². The van der Waals surface area contributed by atoms with E-state index in [2.05, 4.69) is 38.5 Å². The molecule has 0 spiro atoms. The number of hydrogen-bond donors (Lipinski definition) is 1. The minimum Gasteiger partial charge on any atom is -0.506 e. The molecule has 0 aromatic heterocycles. The molecule has 3 nitrogen and oxygen atoms in total. The van der Waals surface area contributed by atoms with Crippen molar-refractivity contribution in [2.45, 2.75) is 5.37 Å². The molecule has 2 aromatic rings. The van der Waals surface area contributed by atoms with Crippen LogP contribution in [0.5, 0.6) is 5.75 Å². The Hall–Kier alpha value is -0.730. The van der Waals surface area contributed by atoms with Gasteiger partial charge in [-0.05, 0) is 46.9 Å². The molecule has 6 heteroatoms. The number of amides is 1. The molecular weight excluding hydrogens is 465 g/mol. The fourth-order valence-corrected chi connectivity index (χ4v) is 5.03. The Labute approximate surface area is 149 Å². The van der Waals surface area contributed by atoms with Crippen LogP contribution in [0.25, 0.3) is 0 Å². The van der Waals surface area contributed by atoms with Crippen molar-refractivity contribution >= 4 is 61.9 Å². The molecule has 0 bridgehead atoms. The number of carbonyl (C=O) groups is 1. The Kier molecular flexibility index (Phi) is 4.46. The summed E-state index contributed by atoms with van der Waals surface area (Å²) in [6.45, 7) is 0. The lowest BCUT2D eigenvalue weighted by Gasteiger charge is -2.25. The second kappa shape index (κ2) is 6.18. The fraction of sp³-hybridized carbons (Fsp3) is 0.133. The highest BCUT2D eigenvalue weighted by Gasteiger charge is 2.35. The zero-order valence-corrected chi connectivity index (χ0v) is 15.4. The van der Waals surface area contributed by atoms with Crippen molar-refractivity contribution in [3.05, 3.63) is 56.1 Å². The SMILES string of the molecule is O=C1CSC(c2cc(Br)cc(I)c2O)N1c1ccccc1. The third-order valence-corrected chi connectivity index (χ3v) is 5.70. The lowest BCUT2D eigenvalue weighted by atomic mass is 10.1. The highest BCUT2D eigenvalue weighted by atomic mass is 127. The lowest BCUT2D eigenvalue weighted by Crippen LogP contribution is -2.27. The minimum absolute atomic E-state index is 0.0607. The highest BCUT2D eigenvalue weighted by Crippen LogP contribution is 2.46. The van der Waals surface area contributed by atoms with Gasteiger partial charge in [-0.1, -0.05) is 34.1 Å². The molecule has 1 fully saturated rings. The van der Waals surface area contributed by atoms with E-state index in [1.165, 1.54) is 11.8 Å². The largest absolute Gasteiger partial charge is 0.506 e. The van der Waals surface area contributed by atoms with E-state index in [9.17, 15) is 9.90 Å². The van der Waals surface area contributed by atoms with Crippen LogP contribution in [0, 0.1) is 3.57 Å². The smallest absolute Gasteiger partial charge is 0.238 e. The Morgan fingerprint density at radius 2 is 2.00 bits per heavy atom. The number of hydrogen-bond acceptors (Lipinski definition) is 3. The maximum Gasteiger partial charge on any atom is 0.238 e. The average Bonchev–Trinajstić information content (AvgIpc) is 2.85. The summed E-state index contributed by atoms with van der Waals surface area (Å²) in [5.74, 6) is 0.722. The average molecular weight is 476 g/mol. The molecule has 1 aliphatic heterocycles. The summed E-state index contributed by atoms with van der Waals surface area (Å²) < 4.78 is 1.66. The van der Waals surface area contributed by atoms with Gasteiger partial charge in [-0.15, -0.1) is 11.8 Å². The van der Waals surface area contributed by atoms with Gasteiger partial charge in [-0.25, -0.2) is 0 Å². The van der Waals surface area contributed by atoms with Crippen LogP contribution in [0.15, 0.2) is 46.9 Å². The number of thioether (sulfide) groups is 1. The van der Waals surface area contributed by atoms with Crippen molar-refractivity contribution in [2.75, 3.05) is 10.7 Å². The van der Waals surface area contributed by atoms with Gasteiger partial charge < -0.3 is 5.11 Å². The van der Waals surface area contributed by atoms with Gasteiger partial charge in [0.2, 0.25) is 5.91 Å². The van der Waals surface area contributed by atoms with E-state index < -0.39 is 0 Å². The maximum absolute atomic E-state index is 12.2. The Balaban J connectivity index is 2.08. The molecule has 108 valence electrons. The number of nitrogens with zero attached hydrogens (tertiary/aromatic N) is 1. The van der Waals surface area contributed by atoms with Gasteiger partial charge in [0.15, 0.2) is 0 Å². The number of aromatic hydroxyl groups is 1. The molecule has 1 aliphatic rings. The van der Waals surface area contributed by atoms with Crippen molar-refractivity contribution in [1.29, 1.82) is 0 Å². The van der Waals surface area contributed by atoms with Crippen LogP contribution in [0.3, 0.4) is 0 Å². The summed E-state index contributed by atoms with van der Waals surface area (Å²) in [7, 11) is 0. The number of para-hydroxylation sites is 1. The first-order valence-electron chi connectivity index (χ1n) is 6.24. The number of rotatable bonds is 2. The topological polar surface area (TPSA) is 40.5 Å². The van der Waals surface area contributed by atoms with Gasteiger partial charge >= 0.3 is 0 Å². The van der Waals surface area contributed by atoms with Crippen LogP contribution in [0.1, 0.15) is 10.9 Å². The van der Waals surface area contributed by atoms with E-state index >= 15 is 0 Å². The number of carbonyl (C=O) groups excluding carboxylic acids is 1. The van der Waals surface area contributed by atoms with Crippen LogP contribution < -0.4 is 4.90 Å². The van der Waals surface area contributed by atoms with Crippen molar-refractivity contribution in [3.8, 4) is 5.75 Å². The summed E-state index contributed by atoms with van der Waals surface area (Å²) in [4.78, 5) is 14.0. The van der Waals surface area contributed by atoms with Crippen molar-refractivity contribution in [2.24, 2.45) is 0 Å². The van der Waals surface area contributed by atoms with E-state index in [0.29, 0.717) is 5.75 Å². The first kappa shape index (κ1) is 15.2. The van der Waals surface area contributed by atoms with Gasteiger partial charge in [0.1, 0.15) is 11.1 Å².